The van der Waals surface area contributed by atoms with E-state index in [-0.39, 0.29) is 11.6 Å². The number of ether oxygens (including phenoxy) is 3. The number of aliphatic imine (C=N–C) groups is 1. The number of cyclic esters (lactones) is 1. The first-order valence-electron chi connectivity index (χ1n) is 9.09. The van der Waals surface area contributed by atoms with Crippen LogP contribution in [0.15, 0.2) is 83.5 Å². The van der Waals surface area contributed by atoms with E-state index in [2.05, 4.69) is 4.99 Å². The maximum absolute atomic E-state index is 12.3. The van der Waals surface area contributed by atoms with E-state index < -0.39 is 5.97 Å². The second-order valence-corrected chi connectivity index (χ2v) is 6.36. The third-order valence-electron chi connectivity index (χ3n) is 4.59. The topological polar surface area (TPSA) is 57.1 Å². The van der Waals surface area contributed by atoms with Crippen molar-refractivity contribution < 1.29 is 19.0 Å². The van der Waals surface area contributed by atoms with E-state index in [4.69, 9.17) is 14.2 Å². The molecule has 0 saturated heterocycles. The molecule has 0 bridgehead atoms. The molecule has 1 aliphatic rings. The number of para-hydroxylation sites is 1. The monoisotopic (exact) mass is 385 g/mol. The van der Waals surface area contributed by atoms with E-state index in [9.17, 15) is 4.79 Å². The van der Waals surface area contributed by atoms with E-state index in [0.29, 0.717) is 17.1 Å². The van der Waals surface area contributed by atoms with Gasteiger partial charge in [-0.15, -0.1) is 0 Å². The quantitative estimate of drug-likeness (QED) is 0.471. The second-order valence-electron chi connectivity index (χ2n) is 6.36. The SMILES string of the molecule is COc1cccc(/C=C2/N=C(c3ccc(-c4ccccc4)cc3)OC2=O)c1OC. The van der Waals surface area contributed by atoms with Crippen molar-refractivity contribution in [2.75, 3.05) is 14.2 Å². The third-order valence-corrected chi connectivity index (χ3v) is 4.59. The summed E-state index contributed by atoms with van der Waals surface area (Å²) in [5.41, 5.74) is 3.83. The molecule has 144 valence electrons. The Hall–Kier alpha value is -3.86. The molecule has 0 amide bonds. The number of hydrogen-bond acceptors (Lipinski definition) is 5. The van der Waals surface area contributed by atoms with Crippen molar-refractivity contribution in [3.8, 4) is 22.6 Å². The Morgan fingerprint density at radius 2 is 1.48 bits per heavy atom. The van der Waals surface area contributed by atoms with Crippen molar-refractivity contribution in [3.63, 3.8) is 0 Å². The molecule has 0 aliphatic carbocycles. The Kier molecular flexibility index (Phi) is 5.12. The molecule has 29 heavy (non-hydrogen) atoms. The molecule has 3 aromatic carbocycles. The molecule has 0 unspecified atom stereocenters. The highest BCUT2D eigenvalue weighted by atomic mass is 16.6. The summed E-state index contributed by atoms with van der Waals surface area (Å²) >= 11 is 0. The second kappa shape index (κ2) is 8.02. The first kappa shape index (κ1) is 18.5. The Labute approximate surface area is 168 Å². The van der Waals surface area contributed by atoms with Crippen LogP contribution in [0.2, 0.25) is 0 Å². The molecule has 0 spiro atoms. The van der Waals surface area contributed by atoms with Gasteiger partial charge in [0.1, 0.15) is 0 Å². The van der Waals surface area contributed by atoms with Crippen molar-refractivity contribution in [2.24, 2.45) is 4.99 Å². The van der Waals surface area contributed by atoms with Crippen molar-refractivity contribution in [1.29, 1.82) is 0 Å². The summed E-state index contributed by atoms with van der Waals surface area (Å²) in [6.45, 7) is 0. The maximum atomic E-state index is 12.3. The molecular weight excluding hydrogens is 366 g/mol. The molecule has 0 fully saturated rings. The zero-order valence-corrected chi connectivity index (χ0v) is 16.1. The van der Waals surface area contributed by atoms with E-state index in [1.54, 1.807) is 26.4 Å². The fraction of sp³-hybridized carbons (Fsp3) is 0.0833. The number of nitrogens with zero attached hydrogens (tertiary/aromatic N) is 1. The highest BCUT2D eigenvalue weighted by Gasteiger charge is 2.25. The summed E-state index contributed by atoms with van der Waals surface area (Å²) in [5, 5.41) is 0. The van der Waals surface area contributed by atoms with Crippen LogP contribution in [-0.4, -0.2) is 26.1 Å². The van der Waals surface area contributed by atoms with Crippen LogP contribution in [-0.2, 0) is 9.53 Å². The van der Waals surface area contributed by atoms with Gasteiger partial charge >= 0.3 is 5.97 Å². The lowest BCUT2D eigenvalue weighted by Crippen LogP contribution is -2.05. The molecule has 3 aromatic rings. The van der Waals surface area contributed by atoms with Gasteiger partial charge < -0.3 is 14.2 Å². The Morgan fingerprint density at radius 3 is 2.17 bits per heavy atom. The van der Waals surface area contributed by atoms with Gasteiger partial charge in [0.15, 0.2) is 17.2 Å². The fourth-order valence-corrected chi connectivity index (χ4v) is 3.14. The van der Waals surface area contributed by atoms with Crippen LogP contribution in [0.25, 0.3) is 17.2 Å². The number of hydrogen-bond donors (Lipinski definition) is 0. The van der Waals surface area contributed by atoms with Gasteiger partial charge in [-0.2, -0.15) is 0 Å². The lowest BCUT2D eigenvalue weighted by atomic mass is 10.0. The number of rotatable bonds is 5. The molecule has 1 aliphatic heterocycles. The van der Waals surface area contributed by atoms with Crippen molar-refractivity contribution in [1.82, 2.24) is 0 Å². The van der Waals surface area contributed by atoms with Crippen LogP contribution >= 0.6 is 0 Å². The van der Waals surface area contributed by atoms with Crippen LogP contribution in [0, 0.1) is 0 Å². The van der Waals surface area contributed by atoms with Crippen LogP contribution in [0.4, 0.5) is 0 Å². The molecule has 0 radical (unpaired) electrons. The number of esters is 1. The molecular formula is C24H19NO4. The molecule has 5 nitrogen and oxygen atoms in total. The standard InChI is InChI=1S/C24H19NO4/c1-27-21-10-6-9-19(22(21)28-2)15-20-24(26)29-23(25-20)18-13-11-17(12-14-18)16-7-4-3-5-8-16/h3-15H,1-2H3/b20-15+. The van der Waals surface area contributed by atoms with Crippen LogP contribution < -0.4 is 9.47 Å². The minimum atomic E-state index is -0.503. The van der Waals surface area contributed by atoms with Gasteiger partial charge in [0.2, 0.25) is 5.90 Å². The fourth-order valence-electron chi connectivity index (χ4n) is 3.14. The van der Waals surface area contributed by atoms with E-state index in [1.165, 1.54) is 0 Å². The summed E-state index contributed by atoms with van der Waals surface area (Å²) in [7, 11) is 3.11. The zero-order chi connectivity index (χ0) is 20.2. The lowest BCUT2D eigenvalue weighted by molar-refractivity contribution is -0.129. The molecule has 0 atom stereocenters. The lowest BCUT2D eigenvalue weighted by Gasteiger charge is -2.09. The average Bonchev–Trinajstić information content (AvgIpc) is 3.14. The predicted molar refractivity (Wildman–Crippen MR) is 112 cm³/mol. The van der Waals surface area contributed by atoms with Crippen LogP contribution in [0.5, 0.6) is 11.5 Å². The van der Waals surface area contributed by atoms with Gasteiger partial charge in [-0.05, 0) is 35.4 Å². The van der Waals surface area contributed by atoms with E-state index in [1.807, 2.05) is 66.7 Å². The summed E-state index contributed by atoms with van der Waals surface area (Å²) < 4.78 is 16.1. The number of methoxy groups -OCH3 is 2. The largest absolute Gasteiger partial charge is 0.493 e. The van der Waals surface area contributed by atoms with Crippen LogP contribution in [0.3, 0.4) is 0 Å². The zero-order valence-electron chi connectivity index (χ0n) is 16.1. The van der Waals surface area contributed by atoms with Crippen LogP contribution in [0.1, 0.15) is 11.1 Å². The van der Waals surface area contributed by atoms with Gasteiger partial charge in [0.05, 0.1) is 14.2 Å². The Morgan fingerprint density at radius 1 is 0.793 bits per heavy atom. The number of carbonyl (C=O) groups excluding carboxylic acids is 1. The minimum absolute atomic E-state index is 0.207. The van der Waals surface area contributed by atoms with Gasteiger partial charge in [-0.1, -0.05) is 54.6 Å². The predicted octanol–water partition coefficient (Wildman–Crippen LogP) is 4.72. The number of carbonyl (C=O) groups is 1. The molecule has 1 heterocycles. The summed E-state index contributed by atoms with van der Waals surface area (Å²) in [6.07, 6.45) is 1.63. The minimum Gasteiger partial charge on any atom is -0.493 e. The molecule has 0 N–H and O–H groups in total. The van der Waals surface area contributed by atoms with Gasteiger partial charge in [-0.3, -0.25) is 0 Å². The van der Waals surface area contributed by atoms with Crippen molar-refractivity contribution >= 4 is 17.9 Å². The summed E-state index contributed by atoms with van der Waals surface area (Å²) in [5.74, 6) is 0.889. The highest BCUT2D eigenvalue weighted by Crippen LogP contribution is 2.33. The summed E-state index contributed by atoms with van der Waals surface area (Å²) in [6, 6.07) is 23.2. The molecule has 0 aromatic heterocycles. The maximum Gasteiger partial charge on any atom is 0.363 e. The Bertz CT molecular complexity index is 1100. The average molecular weight is 385 g/mol. The van der Waals surface area contributed by atoms with Gasteiger partial charge in [0, 0.05) is 11.1 Å². The first-order valence-corrected chi connectivity index (χ1v) is 9.09. The molecule has 5 heteroatoms. The van der Waals surface area contributed by atoms with Gasteiger partial charge in [-0.25, -0.2) is 9.79 Å². The third kappa shape index (κ3) is 3.75. The van der Waals surface area contributed by atoms with Crippen molar-refractivity contribution in [2.45, 2.75) is 0 Å². The van der Waals surface area contributed by atoms with Crippen molar-refractivity contribution in [3.05, 3.63) is 89.6 Å². The van der Waals surface area contributed by atoms with E-state index in [0.717, 1.165) is 16.7 Å². The number of benzene rings is 3. The van der Waals surface area contributed by atoms with Gasteiger partial charge in [0.25, 0.3) is 0 Å². The molecule has 4 rings (SSSR count). The smallest absolute Gasteiger partial charge is 0.363 e. The Balaban J connectivity index is 1.64. The normalized spacial score (nSPS) is 14.5. The molecule has 0 saturated carbocycles. The van der Waals surface area contributed by atoms with E-state index >= 15 is 0 Å². The summed E-state index contributed by atoms with van der Waals surface area (Å²) in [4.78, 5) is 16.7. The first-order chi connectivity index (χ1) is 14.2. The highest BCUT2D eigenvalue weighted by molar-refractivity contribution is 6.13.